The molecule has 4 heteroatoms. The van der Waals surface area contributed by atoms with E-state index in [1.165, 1.54) is 25.7 Å². The number of nitrogens with zero attached hydrogens (tertiary/aromatic N) is 3. The molecule has 0 amide bonds. The average Bonchev–Trinajstić information content (AvgIpc) is 3.08. The molecule has 0 radical (unpaired) electrons. The van der Waals surface area contributed by atoms with E-state index < -0.39 is 0 Å². The lowest BCUT2D eigenvalue weighted by Crippen LogP contribution is -2.28. The van der Waals surface area contributed by atoms with Gasteiger partial charge in [-0.1, -0.05) is 0 Å². The van der Waals surface area contributed by atoms with Gasteiger partial charge >= 0.3 is 0 Å². The maximum atomic E-state index is 4.71. The Kier molecular flexibility index (Phi) is 2.97. The van der Waals surface area contributed by atoms with Crippen LogP contribution >= 0.6 is 0 Å². The van der Waals surface area contributed by atoms with E-state index >= 15 is 0 Å². The largest absolute Gasteiger partial charge is 0.353 e. The van der Waals surface area contributed by atoms with Gasteiger partial charge in [0.15, 0.2) is 0 Å². The van der Waals surface area contributed by atoms with Crippen LogP contribution < -0.4 is 10.2 Å². The van der Waals surface area contributed by atoms with E-state index in [-0.39, 0.29) is 0 Å². The molecule has 1 aromatic rings. The molecule has 1 N–H and O–H groups in total. The first kappa shape index (κ1) is 11.0. The third-order valence-electron chi connectivity index (χ3n) is 3.67. The molecule has 1 aliphatic heterocycles. The zero-order chi connectivity index (χ0) is 11.7. The minimum atomic E-state index is 0.607. The molecular formula is C13H20N4. The Morgan fingerprint density at radius 2 is 2.24 bits per heavy atom. The van der Waals surface area contributed by atoms with E-state index in [1.807, 2.05) is 12.4 Å². The summed E-state index contributed by atoms with van der Waals surface area (Å²) < 4.78 is 0. The van der Waals surface area contributed by atoms with Gasteiger partial charge in [-0.3, -0.25) is 4.98 Å². The minimum absolute atomic E-state index is 0.607. The van der Waals surface area contributed by atoms with E-state index in [0.717, 1.165) is 30.6 Å². The summed E-state index contributed by atoms with van der Waals surface area (Å²) in [6.45, 7) is 4.24. The van der Waals surface area contributed by atoms with Crippen LogP contribution in [0.2, 0.25) is 0 Å². The lowest BCUT2D eigenvalue weighted by molar-refractivity contribution is 0.666. The molecule has 1 atom stereocenters. The Morgan fingerprint density at radius 3 is 2.94 bits per heavy atom. The molecule has 17 heavy (non-hydrogen) atoms. The van der Waals surface area contributed by atoms with Crippen LogP contribution in [-0.4, -0.2) is 28.6 Å². The Labute approximate surface area is 102 Å². The molecule has 0 spiro atoms. The van der Waals surface area contributed by atoms with E-state index in [1.54, 1.807) is 0 Å². The van der Waals surface area contributed by atoms with Crippen molar-refractivity contribution in [1.29, 1.82) is 0 Å². The van der Waals surface area contributed by atoms with Crippen LogP contribution in [0.3, 0.4) is 0 Å². The van der Waals surface area contributed by atoms with E-state index in [4.69, 9.17) is 4.98 Å². The van der Waals surface area contributed by atoms with Gasteiger partial charge in [0.2, 0.25) is 0 Å². The van der Waals surface area contributed by atoms with Crippen molar-refractivity contribution in [2.45, 2.75) is 51.2 Å². The maximum Gasteiger partial charge on any atom is 0.147 e. The van der Waals surface area contributed by atoms with Gasteiger partial charge in [-0.05, 0) is 32.6 Å². The summed E-state index contributed by atoms with van der Waals surface area (Å²) in [5, 5.41) is 3.48. The van der Waals surface area contributed by atoms with Gasteiger partial charge in [0, 0.05) is 31.4 Å². The Morgan fingerprint density at radius 1 is 1.35 bits per heavy atom. The van der Waals surface area contributed by atoms with Gasteiger partial charge in [-0.25, -0.2) is 4.98 Å². The standard InChI is InChI=1S/C13H20N4/c1-10-3-2-6-17(10)13-9-14-7-12(16-13)8-15-11-4-5-11/h7,9-11,15H,2-6,8H2,1H3. The van der Waals surface area contributed by atoms with Crippen molar-refractivity contribution >= 4 is 5.82 Å². The van der Waals surface area contributed by atoms with Crippen molar-refractivity contribution < 1.29 is 0 Å². The lowest BCUT2D eigenvalue weighted by Gasteiger charge is -2.22. The molecule has 2 aliphatic rings. The van der Waals surface area contributed by atoms with E-state index in [0.29, 0.717) is 6.04 Å². The van der Waals surface area contributed by atoms with Gasteiger partial charge in [-0.2, -0.15) is 0 Å². The Bertz CT molecular complexity index is 389. The highest BCUT2D eigenvalue weighted by Crippen LogP contribution is 2.23. The van der Waals surface area contributed by atoms with Gasteiger partial charge in [-0.15, -0.1) is 0 Å². The second kappa shape index (κ2) is 4.61. The van der Waals surface area contributed by atoms with Crippen LogP contribution in [-0.2, 0) is 6.54 Å². The summed E-state index contributed by atoms with van der Waals surface area (Å²) in [6, 6.07) is 1.34. The fourth-order valence-electron chi connectivity index (χ4n) is 2.43. The van der Waals surface area contributed by atoms with Crippen molar-refractivity contribution in [3.8, 4) is 0 Å². The van der Waals surface area contributed by atoms with Gasteiger partial charge in [0.1, 0.15) is 5.82 Å². The first-order chi connectivity index (χ1) is 8.33. The molecule has 92 valence electrons. The number of aromatic nitrogens is 2. The van der Waals surface area contributed by atoms with Gasteiger partial charge < -0.3 is 10.2 Å². The second-order valence-electron chi connectivity index (χ2n) is 5.21. The smallest absolute Gasteiger partial charge is 0.147 e. The second-order valence-corrected chi connectivity index (χ2v) is 5.21. The fraction of sp³-hybridized carbons (Fsp3) is 0.692. The van der Waals surface area contributed by atoms with Crippen molar-refractivity contribution in [3.05, 3.63) is 18.1 Å². The highest BCUT2D eigenvalue weighted by atomic mass is 15.2. The third kappa shape index (κ3) is 2.57. The summed E-state index contributed by atoms with van der Waals surface area (Å²) in [5.74, 6) is 1.05. The summed E-state index contributed by atoms with van der Waals surface area (Å²) in [7, 11) is 0. The molecule has 1 unspecified atom stereocenters. The quantitative estimate of drug-likeness (QED) is 0.858. The minimum Gasteiger partial charge on any atom is -0.353 e. The maximum absolute atomic E-state index is 4.71. The van der Waals surface area contributed by atoms with E-state index in [9.17, 15) is 0 Å². The molecule has 1 saturated heterocycles. The molecule has 1 aromatic heterocycles. The van der Waals surface area contributed by atoms with Crippen LogP contribution in [0.4, 0.5) is 5.82 Å². The van der Waals surface area contributed by atoms with Crippen LogP contribution in [0.5, 0.6) is 0 Å². The normalized spacial score (nSPS) is 24.3. The van der Waals surface area contributed by atoms with Crippen LogP contribution in [0, 0.1) is 0 Å². The van der Waals surface area contributed by atoms with Crippen molar-refractivity contribution in [3.63, 3.8) is 0 Å². The first-order valence-corrected chi connectivity index (χ1v) is 6.64. The molecule has 0 bridgehead atoms. The van der Waals surface area contributed by atoms with Crippen molar-refractivity contribution in [2.75, 3.05) is 11.4 Å². The zero-order valence-electron chi connectivity index (χ0n) is 10.4. The summed E-state index contributed by atoms with van der Waals surface area (Å²) in [4.78, 5) is 11.4. The molecule has 0 aromatic carbocycles. The molecule has 1 aliphatic carbocycles. The predicted octanol–water partition coefficient (Wildman–Crippen LogP) is 1.72. The first-order valence-electron chi connectivity index (χ1n) is 6.64. The molecule has 1 saturated carbocycles. The number of anilines is 1. The van der Waals surface area contributed by atoms with Crippen molar-refractivity contribution in [1.82, 2.24) is 15.3 Å². The molecule has 3 rings (SSSR count). The predicted molar refractivity (Wildman–Crippen MR) is 67.9 cm³/mol. The van der Waals surface area contributed by atoms with Crippen LogP contribution in [0.1, 0.15) is 38.3 Å². The lowest BCUT2D eigenvalue weighted by atomic mass is 10.2. The molecule has 4 nitrogen and oxygen atoms in total. The highest BCUT2D eigenvalue weighted by molar-refractivity contribution is 5.38. The Hall–Kier alpha value is -1.16. The molecule has 2 heterocycles. The monoisotopic (exact) mass is 232 g/mol. The summed E-state index contributed by atoms with van der Waals surface area (Å²) >= 11 is 0. The number of hydrogen-bond donors (Lipinski definition) is 1. The van der Waals surface area contributed by atoms with E-state index in [2.05, 4.69) is 22.1 Å². The third-order valence-corrected chi connectivity index (χ3v) is 3.67. The van der Waals surface area contributed by atoms with Gasteiger partial charge in [0.05, 0.1) is 11.9 Å². The summed E-state index contributed by atoms with van der Waals surface area (Å²) in [5.41, 5.74) is 1.06. The molecular weight excluding hydrogens is 212 g/mol. The number of rotatable bonds is 4. The SMILES string of the molecule is CC1CCCN1c1cncc(CNC2CC2)n1. The van der Waals surface area contributed by atoms with Crippen LogP contribution in [0.15, 0.2) is 12.4 Å². The van der Waals surface area contributed by atoms with Crippen LogP contribution in [0.25, 0.3) is 0 Å². The van der Waals surface area contributed by atoms with Gasteiger partial charge in [0.25, 0.3) is 0 Å². The average molecular weight is 232 g/mol. The Balaban J connectivity index is 1.68. The zero-order valence-corrected chi connectivity index (χ0v) is 10.4. The van der Waals surface area contributed by atoms with Crippen molar-refractivity contribution in [2.24, 2.45) is 0 Å². The number of hydrogen-bond acceptors (Lipinski definition) is 4. The number of nitrogens with one attached hydrogen (secondary N) is 1. The highest BCUT2D eigenvalue weighted by Gasteiger charge is 2.23. The fourth-order valence-corrected chi connectivity index (χ4v) is 2.43. The molecule has 2 fully saturated rings. The topological polar surface area (TPSA) is 41.1 Å². The summed E-state index contributed by atoms with van der Waals surface area (Å²) in [6.07, 6.45) is 8.94.